The molecule has 3 heterocycles. The summed E-state index contributed by atoms with van der Waals surface area (Å²) in [6, 6.07) is 16.7. The summed E-state index contributed by atoms with van der Waals surface area (Å²) >= 11 is 1.36. The van der Waals surface area contributed by atoms with Crippen LogP contribution in [-0.2, 0) is 11.3 Å². The minimum absolute atomic E-state index is 0.124. The number of anilines is 1. The highest BCUT2D eigenvalue weighted by Gasteiger charge is 2.22. The Bertz CT molecular complexity index is 1280. The Hall–Kier alpha value is -3.13. The Kier molecular flexibility index (Phi) is 5.70. The molecule has 2 aromatic heterocycles. The number of nitrogens with zero attached hydrogens (tertiary/aromatic N) is 6. The Morgan fingerprint density at radius 1 is 1.03 bits per heavy atom. The summed E-state index contributed by atoms with van der Waals surface area (Å²) in [7, 11) is 0. The monoisotopic (exact) mass is 446 g/mol. The van der Waals surface area contributed by atoms with Crippen molar-refractivity contribution in [2.24, 2.45) is 0 Å². The van der Waals surface area contributed by atoms with Crippen LogP contribution in [0.25, 0.3) is 22.1 Å². The van der Waals surface area contributed by atoms with E-state index in [4.69, 9.17) is 4.98 Å². The van der Waals surface area contributed by atoms with Crippen LogP contribution in [0, 0.1) is 6.92 Å². The van der Waals surface area contributed by atoms with Gasteiger partial charge in [-0.05, 0) is 37.6 Å². The predicted octanol–water partition coefficient (Wildman–Crippen LogP) is 3.75. The Balaban J connectivity index is 1.24. The minimum Gasteiger partial charge on any atom is -0.368 e. The summed E-state index contributed by atoms with van der Waals surface area (Å²) < 4.78 is 2.15. The number of para-hydroxylation sites is 1. The number of carbonyl (C=O) groups excluding carboxylic acids is 1. The second kappa shape index (κ2) is 8.78. The number of aromatic nitrogens is 4. The number of fused-ring (bicyclic) bond motifs is 3. The summed E-state index contributed by atoms with van der Waals surface area (Å²) in [6.45, 7) is 8.17. The van der Waals surface area contributed by atoms with Crippen LogP contribution in [0.3, 0.4) is 0 Å². The van der Waals surface area contributed by atoms with Crippen molar-refractivity contribution in [3.05, 3.63) is 54.1 Å². The Morgan fingerprint density at radius 2 is 1.84 bits per heavy atom. The topological polar surface area (TPSA) is 67.2 Å². The van der Waals surface area contributed by atoms with Crippen molar-refractivity contribution in [3.63, 3.8) is 0 Å². The van der Waals surface area contributed by atoms with Crippen LogP contribution in [-0.4, -0.2) is 62.5 Å². The molecule has 0 saturated carbocycles. The lowest BCUT2D eigenvalue weighted by molar-refractivity contribution is -0.128. The van der Waals surface area contributed by atoms with Gasteiger partial charge >= 0.3 is 0 Å². The second-order valence-corrected chi connectivity index (χ2v) is 8.97. The number of amides is 1. The number of aryl methyl sites for hydroxylation is 2. The molecule has 1 amide bonds. The molecule has 1 saturated heterocycles. The number of rotatable bonds is 5. The zero-order chi connectivity index (χ0) is 22.1. The van der Waals surface area contributed by atoms with Gasteiger partial charge in [0.05, 0.1) is 11.3 Å². The first-order chi connectivity index (χ1) is 15.6. The highest BCUT2D eigenvalue weighted by Crippen LogP contribution is 2.27. The summed E-state index contributed by atoms with van der Waals surface area (Å²) in [5, 5.41) is 10.3. The molecule has 1 aliphatic heterocycles. The van der Waals surface area contributed by atoms with Crippen molar-refractivity contribution in [3.8, 4) is 0 Å². The number of carbonyl (C=O) groups is 1. The van der Waals surface area contributed by atoms with Gasteiger partial charge in [0.15, 0.2) is 5.65 Å². The molecule has 0 atom stereocenters. The van der Waals surface area contributed by atoms with E-state index < -0.39 is 0 Å². The van der Waals surface area contributed by atoms with Crippen molar-refractivity contribution in [2.75, 3.05) is 36.8 Å². The molecule has 2 aromatic carbocycles. The van der Waals surface area contributed by atoms with Crippen LogP contribution in [0.2, 0.25) is 0 Å². The lowest BCUT2D eigenvalue weighted by atomic mass is 10.2. The van der Waals surface area contributed by atoms with E-state index in [1.807, 2.05) is 23.1 Å². The highest BCUT2D eigenvalue weighted by molar-refractivity contribution is 7.99. The first-order valence-electron chi connectivity index (χ1n) is 11.0. The van der Waals surface area contributed by atoms with E-state index in [0.717, 1.165) is 54.8 Å². The number of hydrogen-bond donors (Lipinski definition) is 0. The van der Waals surface area contributed by atoms with Crippen LogP contribution < -0.4 is 4.90 Å². The summed E-state index contributed by atoms with van der Waals surface area (Å²) in [4.78, 5) is 21.8. The molecule has 4 aromatic rings. The van der Waals surface area contributed by atoms with Gasteiger partial charge in [0, 0.05) is 43.8 Å². The fraction of sp³-hybridized carbons (Fsp3) is 0.333. The van der Waals surface area contributed by atoms with Crippen molar-refractivity contribution in [1.82, 2.24) is 24.6 Å². The lowest BCUT2D eigenvalue weighted by Crippen LogP contribution is -2.49. The predicted molar refractivity (Wildman–Crippen MR) is 129 cm³/mol. The Labute approximate surface area is 191 Å². The van der Waals surface area contributed by atoms with Crippen molar-refractivity contribution < 1.29 is 4.79 Å². The summed E-state index contributed by atoms with van der Waals surface area (Å²) in [6.07, 6.45) is 0. The smallest absolute Gasteiger partial charge is 0.233 e. The van der Waals surface area contributed by atoms with Gasteiger partial charge in [-0.3, -0.25) is 4.79 Å². The molecule has 0 aliphatic carbocycles. The Morgan fingerprint density at radius 3 is 2.62 bits per heavy atom. The van der Waals surface area contributed by atoms with E-state index in [2.05, 4.69) is 63.8 Å². The highest BCUT2D eigenvalue weighted by atomic mass is 32.2. The molecule has 0 unspecified atom stereocenters. The molecule has 8 heteroatoms. The third-order valence-electron chi connectivity index (χ3n) is 5.99. The SMILES string of the molecule is CCn1c2ccccc2c2nnc(SCC(=O)N3CCN(c4cccc(C)c4)CC3)nc21. The van der Waals surface area contributed by atoms with Gasteiger partial charge in [-0.25, -0.2) is 4.98 Å². The van der Waals surface area contributed by atoms with Gasteiger partial charge in [-0.2, -0.15) is 0 Å². The molecule has 1 aliphatic rings. The number of thioether (sulfide) groups is 1. The summed E-state index contributed by atoms with van der Waals surface area (Å²) in [5.74, 6) is 0.447. The molecule has 164 valence electrons. The zero-order valence-electron chi connectivity index (χ0n) is 18.4. The van der Waals surface area contributed by atoms with E-state index in [1.165, 1.54) is 23.0 Å². The molecule has 5 rings (SSSR count). The number of hydrogen-bond acceptors (Lipinski definition) is 6. The van der Waals surface area contributed by atoms with E-state index in [-0.39, 0.29) is 5.91 Å². The van der Waals surface area contributed by atoms with Crippen molar-refractivity contribution in [1.29, 1.82) is 0 Å². The molecule has 0 N–H and O–H groups in total. The van der Waals surface area contributed by atoms with Crippen LogP contribution in [0.1, 0.15) is 12.5 Å². The third-order valence-corrected chi connectivity index (χ3v) is 6.82. The average Bonchev–Trinajstić information content (AvgIpc) is 3.15. The van der Waals surface area contributed by atoms with E-state index in [0.29, 0.717) is 10.9 Å². The molecular formula is C24H26N6OS. The van der Waals surface area contributed by atoms with Gasteiger partial charge in [0.1, 0.15) is 5.52 Å². The van der Waals surface area contributed by atoms with Gasteiger partial charge in [-0.1, -0.05) is 42.1 Å². The molecule has 32 heavy (non-hydrogen) atoms. The molecule has 0 bridgehead atoms. The number of piperazine rings is 1. The maximum Gasteiger partial charge on any atom is 0.233 e. The van der Waals surface area contributed by atoms with E-state index in [1.54, 1.807) is 0 Å². The van der Waals surface area contributed by atoms with E-state index >= 15 is 0 Å². The largest absolute Gasteiger partial charge is 0.368 e. The zero-order valence-corrected chi connectivity index (χ0v) is 19.2. The van der Waals surface area contributed by atoms with Gasteiger partial charge in [0.2, 0.25) is 11.1 Å². The standard InChI is InChI=1S/C24H26N6OS/c1-3-30-20-10-5-4-9-19(20)22-23(30)25-24(27-26-22)32-16-21(31)29-13-11-28(12-14-29)18-8-6-7-17(2)15-18/h4-10,15H,3,11-14,16H2,1-2H3. The van der Waals surface area contributed by atoms with Crippen LogP contribution in [0.15, 0.2) is 53.7 Å². The fourth-order valence-electron chi connectivity index (χ4n) is 4.33. The minimum atomic E-state index is 0.124. The maximum atomic E-state index is 12.8. The van der Waals surface area contributed by atoms with Crippen molar-refractivity contribution in [2.45, 2.75) is 25.5 Å². The van der Waals surface area contributed by atoms with Crippen molar-refractivity contribution >= 4 is 45.4 Å². The average molecular weight is 447 g/mol. The molecule has 7 nitrogen and oxygen atoms in total. The second-order valence-electron chi connectivity index (χ2n) is 8.02. The normalized spacial score (nSPS) is 14.4. The lowest BCUT2D eigenvalue weighted by Gasteiger charge is -2.36. The van der Waals surface area contributed by atoms with Crippen LogP contribution in [0.4, 0.5) is 5.69 Å². The number of benzene rings is 2. The quantitative estimate of drug-likeness (QED) is 0.435. The fourth-order valence-corrected chi connectivity index (χ4v) is 5.01. The molecule has 0 spiro atoms. The molecular weight excluding hydrogens is 420 g/mol. The van der Waals surface area contributed by atoms with E-state index in [9.17, 15) is 4.79 Å². The van der Waals surface area contributed by atoms with Crippen LogP contribution >= 0.6 is 11.8 Å². The third kappa shape index (κ3) is 3.90. The first-order valence-corrected chi connectivity index (χ1v) is 12.0. The van der Waals surface area contributed by atoms with Gasteiger partial charge in [-0.15, -0.1) is 10.2 Å². The van der Waals surface area contributed by atoms with Gasteiger partial charge in [0.25, 0.3) is 0 Å². The van der Waals surface area contributed by atoms with Gasteiger partial charge < -0.3 is 14.4 Å². The first kappa shape index (κ1) is 20.8. The maximum absolute atomic E-state index is 12.8. The summed E-state index contributed by atoms with van der Waals surface area (Å²) in [5.41, 5.74) is 5.22. The molecule has 1 fully saturated rings. The van der Waals surface area contributed by atoms with Crippen LogP contribution in [0.5, 0.6) is 0 Å². The molecule has 0 radical (unpaired) electrons.